The molecule has 59 heavy (non-hydrogen) atoms. The minimum absolute atomic E-state index is 0. The molecule has 2 aliphatic heterocycles. The number of benzene rings is 4. The summed E-state index contributed by atoms with van der Waals surface area (Å²) in [5.41, 5.74) is 1.98. The van der Waals surface area contributed by atoms with Crippen LogP contribution in [0.1, 0.15) is 58.5 Å². The van der Waals surface area contributed by atoms with Gasteiger partial charge in [0.25, 0.3) is 0 Å². The maximum absolute atomic E-state index is 12.7. The van der Waals surface area contributed by atoms with Crippen LogP contribution in [0.3, 0.4) is 0 Å². The first-order valence-electron chi connectivity index (χ1n) is 19.3. The molecule has 0 amide bonds. The van der Waals surface area contributed by atoms with Crippen LogP contribution in [0, 0.1) is 0 Å². The largest absolute Gasteiger partial charge is 0.416 e. The molecular formula is C44H53Cl2F7N4O2. The number of aryl methyl sites for hydroxylation is 2. The van der Waals surface area contributed by atoms with Gasteiger partial charge in [-0.15, -0.1) is 0 Å². The molecule has 0 aliphatic carbocycles. The highest BCUT2D eigenvalue weighted by molar-refractivity contribution is 6.30. The molecule has 4 aromatic carbocycles. The Bertz CT molecular complexity index is 1890. The summed E-state index contributed by atoms with van der Waals surface area (Å²) in [4.78, 5) is 21.6. The van der Waals surface area contributed by atoms with Crippen LogP contribution in [-0.4, -0.2) is 109 Å². The van der Waals surface area contributed by atoms with Crippen molar-refractivity contribution in [1.82, 2.24) is 19.6 Å². The number of likely N-dealkylation sites (N-methyl/N-ethyl adjacent to an activating group) is 2. The molecule has 15 heteroatoms. The number of piperazine rings is 2. The number of nitrogens with zero attached hydrogens (tertiary/aromatic N) is 4. The second-order valence-corrected chi connectivity index (χ2v) is 16.1. The van der Waals surface area contributed by atoms with E-state index in [1.54, 1.807) is 60.7 Å². The lowest BCUT2D eigenvalue weighted by Crippen LogP contribution is -2.53. The third kappa shape index (κ3) is 14.8. The number of aliphatic hydroxyl groups excluding tert-OH is 1. The molecule has 2 saturated heterocycles. The van der Waals surface area contributed by atoms with E-state index in [1.165, 1.54) is 0 Å². The minimum atomic E-state index is -4.32. The van der Waals surface area contributed by atoms with Crippen molar-refractivity contribution < 1.29 is 42.4 Å². The Hall–Kier alpha value is -3.56. The number of β-amino-alcohol motifs (C(OH)–C–C–N with tert-alkyl or cyclic N) is 1. The summed E-state index contributed by atoms with van der Waals surface area (Å²) in [5, 5.41) is 11.9. The van der Waals surface area contributed by atoms with Gasteiger partial charge in [-0.3, -0.25) is 19.3 Å². The SMILES string of the molecule is CN1CCN(CC(=O)c2ccc(Cl)cc2)C(CCc2ccc(C(F)(F)F)cc2)C1.CN1CCN(CC(O)c2ccc(Cl)cc2)C(CCc2ccc(C(F)(F)F)cc2)C1.F.[3HH]. The van der Waals surface area contributed by atoms with Crippen LogP contribution in [0.25, 0.3) is 0 Å². The first kappa shape index (κ1) is 48.1. The van der Waals surface area contributed by atoms with Crippen molar-refractivity contribution in [3.05, 3.63) is 140 Å². The van der Waals surface area contributed by atoms with E-state index in [-0.39, 0.29) is 24.0 Å². The number of halogens is 9. The summed E-state index contributed by atoms with van der Waals surface area (Å²) >= 11 is 11.8. The summed E-state index contributed by atoms with van der Waals surface area (Å²) in [6, 6.07) is 25.2. The lowest BCUT2D eigenvalue weighted by Gasteiger charge is -2.41. The molecule has 3 unspecified atom stereocenters. The van der Waals surface area contributed by atoms with Crippen molar-refractivity contribution in [1.29, 1.82) is 0 Å². The van der Waals surface area contributed by atoms with Gasteiger partial charge in [-0.1, -0.05) is 59.6 Å². The molecular weight excluding hydrogens is 820 g/mol. The van der Waals surface area contributed by atoms with E-state index in [1.807, 2.05) is 19.2 Å². The minimum Gasteiger partial charge on any atom is -0.387 e. The first-order chi connectivity index (χ1) is 27.4. The Labute approximate surface area is 353 Å². The van der Waals surface area contributed by atoms with Gasteiger partial charge < -0.3 is 14.9 Å². The van der Waals surface area contributed by atoms with Crippen molar-refractivity contribution in [2.24, 2.45) is 0 Å². The lowest BCUT2D eigenvalue weighted by atomic mass is 10.00. The molecule has 4 aromatic rings. The summed E-state index contributed by atoms with van der Waals surface area (Å²) < 4.78 is 76.4. The van der Waals surface area contributed by atoms with Crippen LogP contribution in [-0.2, 0) is 25.2 Å². The van der Waals surface area contributed by atoms with Gasteiger partial charge in [0.05, 0.1) is 23.8 Å². The van der Waals surface area contributed by atoms with E-state index in [9.17, 15) is 36.2 Å². The maximum atomic E-state index is 12.7. The number of rotatable bonds is 12. The van der Waals surface area contributed by atoms with Crippen molar-refractivity contribution in [2.45, 2.75) is 56.2 Å². The second-order valence-electron chi connectivity index (χ2n) is 15.3. The fraction of sp³-hybridized carbons (Fsp3) is 0.432. The van der Waals surface area contributed by atoms with Crippen LogP contribution >= 0.6 is 23.2 Å². The molecule has 0 bridgehead atoms. The Morgan fingerprint density at radius 1 is 0.661 bits per heavy atom. The highest BCUT2D eigenvalue weighted by Gasteiger charge is 2.32. The molecule has 2 heterocycles. The molecule has 2 aliphatic rings. The molecule has 6 nitrogen and oxygen atoms in total. The Morgan fingerprint density at radius 3 is 1.51 bits per heavy atom. The third-order valence-electron chi connectivity index (χ3n) is 10.9. The number of aliphatic hydroxyl groups is 1. The Balaban J connectivity index is 0.000000310. The maximum Gasteiger partial charge on any atom is 0.416 e. The summed E-state index contributed by atoms with van der Waals surface area (Å²) in [6.45, 7) is 5.98. The number of carbonyl (C=O) groups excluding carboxylic acids is 1. The molecule has 0 aromatic heterocycles. The van der Waals surface area contributed by atoms with Crippen LogP contribution in [0.2, 0.25) is 10.0 Å². The highest BCUT2D eigenvalue weighted by atomic mass is 35.5. The molecule has 6 rings (SSSR count). The fourth-order valence-corrected chi connectivity index (χ4v) is 7.66. The smallest absolute Gasteiger partial charge is 0.387 e. The van der Waals surface area contributed by atoms with E-state index in [2.05, 4.69) is 26.6 Å². The quantitative estimate of drug-likeness (QED) is 0.113. The second kappa shape index (κ2) is 21.8. The fourth-order valence-electron chi connectivity index (χ4n) is 7.40. The van der Waals surface area contributed by atoms with E-state index in [0.29, 0.717) is 41.5 Å². The van der Waals surface area contributed by atoms with Crippen LogP contribution in [0.5, 0.6) is 0 Å². The summed E-state index contributed by atoms with van der Waals surface area (Å²) in [6.07, 6.45) is -6.26. The van der Waals surface area contributed by atoms with Gasteiger partial charge >= 0.3 is 12.4 Å². The number of hydrogen-bond acceptors (Lipinski definition) is 6. The van der Waals surface area contributed by atoms with E-state index in [4.69, 9.17) is 23.2 Å². The number of Topliss-reactive ketones (excluding diaryl/α,β-unsaturated/α-hetero) is 1. The van der Waals surface area contributed by atoms with E-state index < -0.39 is 29.6 Å². The number of hydrogen-bond donors (Lipinski definition) is 1. The molecule has 324 valence electrons. The van der Waals surface area contributed by atoms with Gasteiger partial charge in [0.1, 0.15) is 0 Å². The van der Waals surface area contributed by atoms with E-state index >= 15 is 0 Å². The molecule has 0 radical (unpaired) electrons. The topological polar surface area (TPSA) is 50.3 Å². The van der Waals surface area contributed by atoms with Crippen molar-refractivity contribution in [3.63, 3.8) is 0 Å². The number of ketones is 1. The average Bonchev–Trinajstić information content (AvgIpc) is 3.18. The Kier molecular flexibility index (Phi) is 17.8. The number of alkyl halides is 6. The van der Waals surface area contributed by atoms with Crippen LogP contribution in [0.4, 0.5) is 31.0 Å². The summed E-state index contributed by atoms with van der Waals surface area (Å²) in [5.74, 6) is 0.0470. The predicted octanol–water partition coefficient (Wildman–Crippen LogP) is 9.83. The van der Waals surface area contributed by atoms with Crippen molar-refractivity contribution >= 4 is 29.0 Å². The normalized spacial score (nSPS) is 19.0. The number of carbonyl (C=O) groups is 1. The van der Waals surface area contributed by atoms with Crippen molar-refractivity contribution in [3.8, 4) is 0 Å². The molecule has 0 saturated carbocycles. The third-order valence-corrected chi connectivity index (χ3v) is 11.4. The zero-order chi connectivity index (χ0) is 42.0. The molecule has 2 fully saturated rings. The highest BCUT2D eigenvalue weighted by Crippen LogP contribution is 2.31. The monoisotopic (exact) mass is 874 g/mol. The molecule has 3 atom stereocenters. The van der Waals surface area contributed by atoms with Crippen LogP contribution in [0.15, 0.2) is 97.1 Å². The summed E-state index contributed by atoms with van der Waals surface area (Å²) in [7, 11) is 4.11. The van der Waals surface area contributed by atoms with Gasteiger partial charge in [0.15, 0.2) is 5.78 Å². The molecule has 0 spiro atoms. The zero-order valence-corrected chi connectivity index (χ0v) is 34.5. The zero-order valence-electron chi connectivity index (χ0n) is 33.0. The van der Waals surface area contributed by atoms with Crippen LogP contribution < -0.4 is 0 Å². The average molecular weight is 876 g/mol. The van der Waals surface area contributed by atoms with Crippen molar-refractivity contribution in [2.75, 3.05) is 66.5 Å². The van der Waals surface area contributed by atoms with Gasteiger partial charge in [0.2, 0.25) is 0 Å². The van der Waals surface area contributed by atoms with Gasteiger partial charge in [-0.05, 0) is 117 Å². The standard InChI is InChI=1S/C22H26ClF3N2O.C22H24ClF3N2O.FH.H2/c2*1-27-12-13-28(15-21(29)17-5-9-19(23)10-6-17)20(14-27)11-4-16-2-7-18(8-3-16)22(24,25)26;;/h2-3,5-10,20-21,29H,4,11-15H2,1H3;2-3,5-10,20H,4,11-15H2,1H3;2*1H/i;;;1+2. The lowest BCUT2D eigenvalue weighted by molar-refractivity contribution is -0.138. The predicted molar refractivity (Wildman–Crippen MR) is 222 cm³/mol. The van der Waals surface area contributed by atoms with E-state index in [0.717, 1.165) is 93.1 Å². The Morgan fingerprint density at radius 2 is 1.07 bits per heavy atom. The van der Waals surface area contributed by atoms with Gasteiger partial charge in [-0.25, -0.2) is 0 Å². The van der Waals surface area contributed by atoms with Gasteiger partial charge in [0, 0.05) is 74.9 Å². The van der Waals surface area contributed by atoms with Gasteiger partial charge in [-0.2, -0.15) is 26.3 Å². The first-order valence-corrected chi connectivity index (χ1v) is 20.1. The molecule has 1 N–H and O–H groups in total.